The van der Waals surface area contributed by atoms with E-state index in [0.29, 0.717) is 18.4 Å². The van der Waals surface area contributed by atoms with Gasteiger partial charge in [0.05, 0.1) is 6.10 Å². The van der Waals surface area contributed by atoms with Gasteiger partial charge in [-0.3, -0.25) is 0 Å². The van der Waals surface area contributed by atoms with Gasteiger partial charge in [-0.05, 0) is 44.0 Å². The minimum absolute atomic E-state index is 0.0356. The molecule has 0 aliphatic rings. The molecule has 0 aliphatic carbocycles. The number of nitrogens with one attached hydrogen (secondary N) is 1. The first-order chi connectivity index (χ1) is 8.56. The highest BCUT2D eigenvalue weighted by atomic mass is 19.1. The molecule has 0 aromatic heterocycles. The summed E-state index contributed by atoms with van der Waals surface area (Å²) in [6, 6.07) is 3.51. The Balaban J connectivity index is 2.53. The molecule has 0 radical (unpaired) electrons. The number of halogens is 2. The Morgan fingerprint density at radius 3 is 2.28 bits per heavy atom. The van der Waals surface area contributed by atoms with Crippen LogP contribution in [0.1, 0.15) is 31.7 Å². The summed E-state index contributed by atoms with van der Waals surface area (Å²) in [7, 11) is 1.81. The van der Waals surface area contributed by atoms with Crippen LogP contribution in [-0.2, 0) is 6.42 Å². The number of benzene rings is 1. The SMILES string of the molecule is CCCC(NC)C(O)CCc1cc(F)cc(F)c1. The highest BCUT2D eigenvalue weighted by molar-refractivity contribution is 5.18. The number of likely N-dealkylation sites (N-methyl/N-ethyl adjacent to an activating group) is 1. The molecule has 102 valence electrons. The maximum absolute atomic E-state index is 13.0. The molecule has 1 aromatic rings. The molecule has 4 heteroatoms. The van der Waals surface area contributed by atoms with Crippen LogP contribution in [0.25, 0.3) is 0 Å². The Kier molecular flexibility index (Phi) is 6.22. The molecule has 0 amide bonds. The fourth-order valence-electron chi connectivity index (χ4n) is 2.11. The summed E-state index contributed by atoms with van der Waals surface area (Å²) >= 11 is 0. The number of hydrogen-bond acceptors (Lipinski definition) is 2. The third kappa shape index (κ3) is 4.70. The summed E-state index contributed by atoms with van der Waals surface area (Å²) < 4.78 is 26.0. The van der Waals surface area contributed by atoms with Crippen LogP contribution in [-0.4, -0.2) is 24.3 Å². The summed E-state index contributed by atoms with van der Waals surface area (Å²) in [5.74, 6) is -1.14. The lowest BCUT2D eigenvalue weighted by atomic mass is 9.99. The number of aryl methyl sites for hydroxylation is 1. The molecule has 0 saturated heterocycles. The summed E-state index contributed by atoms with van der Waals surface area (Å²) in [4.78, 5) is 0. The number of aliphatic hydroxyl groups is 1. The molecule has 2 unspecified atom stereocenters. The highest BCUT2D eigenvalue weighted by Gasteiger charge is 2.16. The molecule has 2 N–H and O–H groups in total. The lowest BCUT2D eigenvalue weighted by Gasteiger charge is -2.22. The molecule has 0 fully saturated rings. The normalized spacial score (nSPS) is 14.5. The number of rotatable bonds is 7. The zero-order chi connectivity index (χ0) is 13.5. The molecule has 0 spiro atoms. The quantitative estimate of drug-likeness (QED) is 0.787. The van der Waals surface area contributed by atoms with Crippen LogP contribution < -0.4 is 5.32 Å². The topological polar surface area (TPSA) is 32.3 Å². The lowest BCUT2D eigenvalue weighted by molar-refractivity contribution is 0.117. The zero-order valence-electron chi connectivity index (χ0n) is 10.9. The van der Waals surface area contributed by atoms with E-state index in [9.17, 15) is 13.9 Å². The highest BCUT2D eigenvalue weighted by Crippen LogP contribution is 2.13. The molecule has 1 rings (SSSR count). The van der Waals surface area contributed by atoms with Gasteiger partial charge >= 0.3 is 0 Å². The monoisotopic (exact) mass is 257 g/mol. The minimum Gasteiger partial charge on any atom is -0.391 e. The Morgan fingerprint density at radius 2 is 1.78 bits per heavy atom. The van der Waals surface area contributed by atoms with E-state index in [0.717, 1.165) is 18.9 Å². The van der Waals surface area contributed by atoms with Crippen LogP contribution in [0.3, 0.4) is 0 Å². The van der Waals surface area contributed by atoms with Crippen molar-refractivity contribution in [2.75, 3.05) is 7.05 Å². The van der Waals surface area contributed by atoms with E-state index in [1.807, 2.05) is 7.05 Å². The number of hydrogen-bond donors (Lipinski definition) is 2. The van der Waals surface area contributed by atoms with Crippen LogP contribution in [0.4, 0.5) is 8.78 Å². The molecule has 0 saturated carbocycles. The van der Waals surface area contributed by atoms with Gasteiger partial charge in [-0.25, -0.2) is 8.78 Å². The maximum atomic E-state index is 13.0. The third-order valence-electron chi connectivity index (χ3n) is 3.09. The van der Waals surface area contributed by atoms with Crippen molar-refractivity contribution in [3.63, 3.8) is 0 Å². The van der Waals surface area contributed by atoms with E-state index < -0.39 is 17.7 Å². The van der Waals surface area contributed by atoms with Gasteiger partial charge in [0.25, 0.3) is 0 Å². The molecule has 0 heterocycles. The van der Waals surface area contributed by atoms with Crippen molar-refractivity contribution in [1.82, 2.24) is 5.32 Å². The predicted molar refractivity (Wildman–Crippen MR) is 68.4 cm³/mol. The molecular formula is C14H21F2NO. The molecule has 18 heavy (non-hydrogen) atoms. The van der Waals surface area contributed by atoms with E-state index in [2.05, 4.69) is 12.2 Å². The van der Waals surface area contributed by atoms with E-state index in [1.54, 1.807) is 0 Å². The van der Waals surface area contributed by atoms with Crippen LogP contribution in [0.5, 0.6) is 0 Å². The zero-order valence-corrected chi connectivity index (χ0v) is 10.9. The van der Waals surface area contributed by atoms with Crippen molar-refractivity contribution in [1.29, 1.82) is 0 Å². The van der Waals surface area contributed by atoms with Crippen LogP contribution >= 0.6 is 0 Å². The van der Waals surface area contributed by atoms with Crippen molar-refractivity contribution >= 4 is 0 Å². The van der Waals surface area contributed by atoms with Gasteiger partial charge in [-0.1, -0.05) is 13.3 Å². The molecular weight excluding hydrogens is 236 g/mol. The Hall–Kier alpha value is -1.00. The van der Waals surface area contributed by atoms with Gasteiger partial charge in [-0.15, -0.1) is 0 Å². The van der Waals surface area contributed by atoms with Gasteiger partial charge in [0, 0.05) is 12.1 Å². The lowest BCUT2D eigenvalue weighted by Crippen LogP contribution is -2.37. The standard InChI is InChI=1S/C14H21F2NO/c1-3-4-13(17-2)14(18)6-5-10-7-11(15)9-12(16)8-10/h7-9,13-14,17-18H,3-6H2,1-2H3. The number of aliphatic hydroxyl groups excluding tert-OH is 1. The van der Waals surface area contributed by atoms with Crippen molar-refractivity contribution in [2.24, 2.45) is 0 Å². The fraction of sp³-hybridized carbons (Fsp3) is 0.571. The maximum Gasteiger partial charge on any atom is 0.126 e. The first kappa shape index (κ1) is 15.1. The first-order valence-electron chi connectivity index (χ1n) is 6.37. The third-order valence-corrected chi connectivity index (χ3v) is 3.09. The van der Waals surface area contributed by atoms with Crippen molar-refractivity contribution in [3.05, 3.63) is 35.4 Å². The van der Waals surface area contributed by atoms with Crippen LogP contribution in [0, 0.1) is 11.6 Å². The van der Waals surface area contributed by atoms with Gasteiger partial charge in [0.1, 0.15) is 11.6 Å². The molecule has 0 aliphatic heterocycles. The smallest absolute Gasteiger partial charge is 0.126 e. The van der Waals surface area contributed by atoms with Crippen molar-refractivity contribution < 1.29 is 13.9 Å². The first-order valence-corrected chi connectivity index (χ1v) is 6.37. The summed E-state index contributed by atoms with van der Waals surface area (Å²) in [6.45, 7) is 2.05. The van der Waals surface area contributed by atoms with Crippen molar-refractivity contribution in [3.8, 4) is 0 Å². The average Bonchev–Trinajstić information content (AvgIpc) is 2.32. The summed E-state index contributed by atoms with van der Waals surface area (Å²) in [5.41, 5.74) is 0.581. The average molecular weight is 257 g/mol. The Bertz CT molecular complexity index is 351. The predicted octanol–water partition coefficient (Wildman–Crippen LogP) is 2.65. The van der Waals surface area contributed by atoms with E-state index in [4.69, 9.17) is 0 Å². The fourth-order valence-corrected chi connectivity index (χ4v) is 2.11. The molecule has 0 bridgehead atoms. The second kappa shape index (κ2) is 7.44. The van der Waals surface area contributed by atoms with E-state index in [-0.39, 0.29) is 6.04 Å². The second-order valence-electron chi connectivity index (χ2n) is 4.57. The minimum atomic E-state index is -0.571. The Morgan fingerprint density at radius 1 is 1.17 bits per heavy atom. The largest absolute Gasteiger partial charge is 0.391 e. The van der Waals surface area contributed by atoms with Crippen LogP contribution in [0.2, 0.25) is 0 Å². The van der Waals surface area contributed by atoms with Gasteiger partial charge < -0.3 is 10.4 Å². The summed E-state index contributed by atoms with van der Waals surface area (Å²) in [6.07, 6.45) is 2.33. The molecule has 1 aromatic carbocycles. The molecule has 2 atom stereocenters. The van der Waals surface area contributed by atoms with Gasteiger partial charge in [0.2, 0.25) is 0 Å². The van der Waals surface area contributed by atoms with Gasteiger partial charge in [0.15, 0.2) is 0 Å². The van der Waals surface area contributed by atoms with Crippen LogP contribution in [0.15, 0.2) is 18.2 Å². The Labute approximate surface area is 107 Å². The van der Waals surface area contributed by atoms with Gasteiger partial charge in [-0.2, -0.15) is 0 Å². The van der Waals surface area contributed by atoms with E-state index in [1.165, 1.54) is 12.1 Å². The summed E-state index contributed by atoms with van der Waals surface area (Å²) in [5, 5.41) is 13.1. The second-order valence-corrected chi connectivity index (χ2v) is 4.57. The molecule has 2 nitrogen and oxygen atoms in total. The van der Waals surface area contributed by atoms with Crippen molar-refractivity contribution in [2.45, 2.75) is 44.8 Å². The van der Waals surface area contributed by atoms with E-state index >= 15 is 0 Å².